The van der Waals surface area contributed by atoms with Crippen molar-refractivity contribution in [3.8, 4) is 0 Å². The largest absolute Gasteiger partial charge is 0.371 e. The Bertz CT molecular complexity index is 577. The van der Waals surface area contributed by atoms with Crippen molar-refractivity contribution in [2.24, 2.45) is 0 Å². The Morgan fingerprint density at radius 1 is 1.04 bits per heavy atom. The number of hydrogen-bond acceptors (Lipinski definition) is 3. The molecule has 3 heteroatoms. The summed E-state index contributed by atoms with van der Waals surface area (Å²) in [4.78, 5) is 2.40. The molecule has 0 aromatic heterocycles. The van der Waals surface area contributed by atoms with Gasteiger partial charge in [0.15, 0.2) is 0 Å². The molecule has 0 amide bonds. The van der Waals surface area contributed by atoms with E-state index in [9.17, 15) is 0 Å². The lowest BCUT2D eigenvalue weighted by molar-refractivity contribution is 0.389. The van der Waals surface area contributed by atoms with Crippen LogP contribution in [0.3, 0.4) is 0 Å². The van der Waals surface area contributed by atoms with Crippen molar-refractivity contribution in [2.45, 2.75) is 45.8 Å². The van der Waals surface area contributed by atoms with Gasteiger partial charge in [-0.05, 0) is 44.4 Å². The average Bonchev–Trinajstić information content (AvgIpc) is 3.47. The number of ether oxygens (including phenoxy) is 2. The van der Waals surface area contributed by atoms with E-state index in [1.807, 2.05) is 0 Å². The minimum absolute atomic E-state index is 0.405. The van der Waals surface area contributed by atoms with Crippen molar-refractivity contribution in [2.75, 3.05) is 31.2 Å². The second kappa shape index (κ2) is 8.00. The first-order chi connectivity index (χ1) is 11.6. The smallest absolute Gasteiger partial charge is 0.0984 e. The maximum absolute atomic E-state index is 5.40. The van der Waals surface area contributed by atoms with E-state index in [1.165, 1.54) is 22.4 Å². The number of benzene rings is 1. The van der Waals surface area contributed by atoms with Crippen LogP contribution in [0.4, 0.5) is 5.69 Å². The molecule has 0 saturated carbocycles. The number of allylic oxidation sites excluding steroid dienone is 4. The van der Waals surface area contributed by atoms with Gasteiger partial charge in [-0.3, -0.25) is 0 Å². The van der Waals surface area contributed by atoms with Crippen molar-refractivity contribution in [3.63, 3.8) is 0 Å². The number of rotatable bonds is 9. The molecule has 3 rings (SSSR count). The van der Waals surface area contributed by atoms with E-state index < -0.39 is 0 Å². The molecule has 0 bridgehead atoms. The summed E-state index contributed by atoms with van der Waals surface area (Å²) >= 11 is 0. The zero-order chi connectivity index (χ0) is 16.9. The minimum atomic E-state index is 0.405. The van der Waals surface area contributed by atoms with Gasteiger partial charge in [0.05, 0.1) is 25.4 Å². The van der Waals surface area contributed by atoms with E-state index in [4.69, 9.17) is 9.47 Å². The SMILES string of the molecule is CC/C(=C\C=C(C)C)Cc1ccc(N(CC2CO2)CC2CO2)cc1. The van der Waals surface area contributed by atoms with Gasteiger partial charge < -0.3 is 14.4 Å². The van der Waals surface area contributed by atoms with Crippen LogP contribution in [0.15, 0.2) is 47.6 Å². The van der Waals surface area contributed by atoms with Crippen LogP contribution in [0.2, 0.25) is 0 Å². The molecule has 1 aromatic rings. The number of epoxide rings is 2. The highest BCUT2D eigenvalue weighted by molar-refractivity contribution is 5.49. The third-order valence-electron chi connectivity index (χ3n) is 4.49. The van der Waals surface area contributed by atoms with Gasteiger partial charge in [-0.2, -0.15) is 0 Å². The molecule has 2 aliphatic rings. The normalized spacial score (nSPS) is 22.2. The first-order valence-electron chi connectivity index (χ1n) is 9.04. The van der Waals surface area contributed by atoms with Crippen molar-refractivity contribution in [1.82, 2.24) is 0 Å². The Kier molecular flexibility index (Phi) is 5.75. The van der Waals surface area contributed by atoms with Crippen LogP contribution in [-0.2, 0) is 15.9 Å². The lowest BCUT2D eigenvalue weighted by Gasteiger charge is -2.23. The molecule has 2 heterocycles. The van der Waals surface area contributed by atoms with Gasteiger partial charge in [-0.25, -0.2) is 0 Å². The summed E-state index contributed by atoms with van der Waals surface area (Å²) in [5.74, 6) is 0. The van der Waals surface area contributed by atoms with Crippen LogP contribution in [0.1, 0.15) is 32.8 Å². The van der Waals surface area contributed by atoms with E-state index in [2.05, 4.69) is 62.1 Å². The summed E-state index contributed by atoms with van der Waals surface area (Å²) in [6.45, 7) is 10.2. The monoisotopic (exact) mass is 327 g/mol. The van der Waals surface area contributed by atoms with Crippen molar-refractivity contribution < 1.29 is 9.47 Å². The van der Waals surface area contributed by atoms with E-state index in [0.717, 1.165) is 39.1 Å². The molecule has 0 spiro atoms. The first kappa shape index (κ1) is 17.2. The summed E-state index contributed by atoms with van der Waals surface area (Å²) in [5.41, 5.74) is 5.46. The van der Waals surface area contributed by atoms with Gasteiger partial charge in [0, 0.05) is 18.8 Å². The van der Waals surface area contributed by atoms with E-state index in [1.54, 1.807) is 0 Å². The predicted octanol–water partition coefficient (Wildman–Crippen LogP) is 4.14. The summed E-state index contributed by atoms with van der Waals surface area (Å²) in [7, 11) is 0. The molecular weight excluding hydrogens is 298 g/mol. The van der Waals surface area contributed by atoms with Crippen molar-refractivity contribution >= 4 is 5.69 Å². The molecule has 0 radical (unpaired) electrons. The van der Waals surface area contributed by atoms with Crippen LogP contribution in [-0.4, -0.2) is 38.5 Å². The first-order valence-corrected chi connectivity index (χ1v) is 9.04. The van der Waals surface area contributed by atoms with Gasteiger partial charge in [0.2, 0.25) is 0 Å². The topological polar surface area (TPSA) is 28.3 Å². The Balaban J connectivity index is 1.64. The minimum Gasteiger partial charge on any atom is -0.371 e. The highest BCUT2D eigenvalue weighted by Crippen LogP contribution is 2.23. The lowest BCUT2D eigenvalue weighted by Crippen LogP contribution is -2.31. The Morgan fingerprint density at radius 2 is 1.62 bits per heavy atom. The molecule has 2 atom stereocenters. The fourth-order valence-corrected chi connectivity index (χ4v) is 2.80. The zero-order valence-corrected chi connectivity index (χ0v) is 15.1. The maximum atomic E-state index is 5.40. The Labute approximate surface area is 146 Å². The van der Waals surface area contributed by atoms with Crippen LogP contribution >= 0.6 is 0 Å². The molecular formula is C21H29NO2. The summed E-state index contributed by atoms with van der Waals surface area (Å²) in [6.07, 6.45) is 7.41. The predicted molar refractivity (Wildman–Crippen MR) is 99.6 cm³/mol. The second-order valence-corrected chi connectivity index (χ2v) is 7.08. The standard InChI is InChI=1S/C21H29NO2/c1-4-17(6-5-16(2)3)11-18-7-9-19(10-8-18)22(12-20-14-23-20)13-21-15-24-21/h5-10,20-21H,4,11-15H2,1-3H3/b17-6+. The lowest BCUT2D eigenvalue weighted by atomic mass is 10.0. The Hall–Kier alpha value is -1.58. The average molecular weight is 327 g/mol. The van der Waals surface area contributed by atoms with E-state index >= 15 is 0 Å². The number of anilines is 1. The molecule has 0 aliphatic carbocycles. The fraction of sp³-hybridized carbons (Fsp3) is 0.524. The molecule has 3 nitrogen and oxygen atoms in total. The van der Waals surface area contributed by atoms with Gasteiger partial charge in [-0.1, -0.05) is 42.4 Å². The van der Waals surface area contributed by atoms with Gasteiger partial charge in [0.25, 0.3) is 0 Å². The number of hydrogen-bond donors (Lipinski definition) is 0. The quantitative estimate of drug-likeness (QED) is 0.504. The van der Waals surface area contributed by atoms with E-state index in [0.29, 0.717) is 12.2 Å². The van der Waals surface area contributed by atoms with Crippen LogP contribution in [0.5, 0.6) is 0 Å². The summed E-state index contributed by atoms with van der Waals surface area (Å²) in [5, 5.41) is 0. The fourth-order valence-electron chi connectivity index (χ4n) is 2.80. The summed E-state index contributed by atoms with van der Waals surface area (Å²) in [6, 6.07) is 9.01. The molecule has 2 aliphatic heterocycles. The van der Waals surface area contributed by atoms with Crippen molar-refractivity contribution in [1.29, 1.82) is 0 Å². The van der Waals surface area contributed by atoms with Gasteiger partial charge >= 0.3 is 0 Å². The maximum Gasteiger partial charge on any atom is 0.0984 e. The third-order valence-corrected chi connectivity index (χ3v) is 4.49. The second-order valence-electron chi connectivity index (χ2n) is 7.08. The number of nitrogens with zero attached hydrogens (tertiary/aromatic N) is 1. The van der Waals surface area contributed by atoms with Crippen LogP contribution in [0, 0.1) is 0 Å². The molecule has 24 heavy (non-hydrogen) atoms. The molecule has 2 unspecified atom stereocenters. The highest BCUT2D eigenvalue weighted by atomic mass is 16.6. The molecule has 2 saturated heterocycles. The highest BCUT2D eigenvalue weighted by Gasteiger charge is 2.30. The molecule has 2 fully saturated rings. The van der Waals surface area contributed by atoms with Crippen molar-refractivity contribution in [3.05, 3.63) is 53.1 Å². The molecule has 0 N–H and O–H groups in total. The van der Waals surface area contributed by atoms with Gasteiger partial charge in [0.1, 0.15) is 0 Å². The third kappa shape index (κ3) is 5.50. The Morgan fingerprint density at radius 3 is 2.08 bits per heavy atom. The molecule has 130 valence electrons. The van der Waals surface area contributed by atoms with Gasteiger partial charge in [-0.15, -0.1) is 0 Å². The van der Waals surface area contributed by atoms with E-state index in [-0.39, 0.29) is 0 Å². The van der Waals surface area contributed by atoms with Crippen LogP contribution < -0.4 is 4.90 Å². The zero-order valence-electron chi connectivity index (χ0n) is 15.1. The summed E-state index contributed by atoms with van der Waals surface area (Å²) < 4.78 is 10.8. The van der Waals surface area contributed by atoms with Crippen LogP contribution in [0.25, 0.3) is 0 Å². The molecule has 1 aromatic carbocycles.